The first-order valence-electron chi connectivity index (χ1n) is 2.04. The summed E-state index contributed by atoms with van der Waals surface area (Å²) in [6.45, 7) is 0. The highest BCUT2D eigenvalue weighted by molar-refractivity contribution is 7.87. The Morgan fingerprint density at radius 3 is 1.31 bits per heavy atom. The van der Waals surface area contributed by atoms with Gasteiger partial charge in [0.25, 0.3) is 0 Å². The molecule has 0 aromatic carbocycles. The summed E-state index contributed by atoms with van der Waals surface area (Å²) in [7, 11) is -6.58. The predicted molar refractivity (Wildman–Crippen MR) is 27.1 cm³/mol. The van der Waals surface area contributed by atoms with Crippen molar-refractivity contribution in [3.05, 3.63) is 0 Å². The predicted octanol–water partition coefficient (Wildman–Crippen LogP) is 1.53. The Labute approximate surface area is 68.2 Å². The van der Waals surface area contributed by atoms with Crippen molar-refractivity contribution in [2.45, 2.75) is 11.9 Å². The third-order valence-electron chi connectivity index (χ3n) is 0.488. The Morgan fingerprint density at radius 1 is 0.923 bits per heavy atom. The van der Waals surface area contributed by atoms with Crippen molar-refractivity contribution < 1.29 is 38.9 Å². The van der Waals surface area contributed by atoms with Gasteiger partial charge in [-0.3, -0.25) is 0 Å². The van der Waals surface area contributed by atoms with Crippen LogP contribution in [0.4, 0.5) is 26.3 Å². The van der Waals surface area contributed by atoms with Crippen LogP contribution in [0.15, 0.2) is 0 Å². The molecule has 0 amide bonds. The van der Waals surface area contributed by atoms with Crippen LogP contribution in [0.2, 0.25) is 0 Å². The molecule has 0 spiro atoms. The molecule has 0 aliphatic rings. The Bertz CT molecular complexity index is 250. The zero-order valence-electron chi connectivity index (χ0n) is 5.61. The number of hydrogen-bond donors (Lipinski definition) is 1. The summed E-state index contributed by atoms with van der Waals surface area (Å²) in [6, 6.07) is 0. The van der Waals surface area contributed by atoms with Gasteiger partial charge in [0.2, 0.25) is 0 Å². The lowest BCUT2D eigenvalue weighted by Crippen LogP contribution is -2.31. The molecule has 13 heavy (non-hydrogen) atoms. The van der Waals surface area contributed by atoms with Crippen LogP contribution in [0.3, 0.4) is 0 Å². The van der Waals surface area contributed by atoms with Crippen LogP contribution in [-0.2, 0) is 14.3 Å². The largest absolute Gasteiger partial charge is 0.537 e. The molecule has 3 N–H and O–H groups in total. The van der Waals surface area contributed by atoms with Crippen molar-refractivity contribution in [2.75, 3.05) is 0 Å². The SMILES string of the molecule is N.O=S(=O)(OC(F)(F)F)C(F)(F)F. The Kier molecular flexibility index (Phi) is 4.22. The molecule has 0 aromatic heterocycles. The average molecular weight is 235 g/mol. The third kappa shape index (κ3) is 4.90. The lowest BCUT2D eigenvalue weighted by Gasteiger charge is -2.09. The van der Waals surface area contributed by atoms with E-state index in [0.29, 0.717) is 0 Å². The van der Waals surface area contributed by atoms with E-state index in [-0.39, 0.29) is 6.15 Å². The van der Waals surface area contributed by atoms with Gasteiger partial charge in [0.05, 0.1) is 0 Å². The van der Waals surface area contributed by atoms with E-state index < -0.39 is 22.0 Å². The molecule has 0 aromatic rings. The van der Waals surface area contributed by atoms with E-state index in [4.69, 9.17) is 0 Å². The van der Waals surface area contributed by atoms with E-state index in [2.05, 4.69) is 0 Å². The second kappa shape index (κ2) is 3.67. The molecule has 0 radical (unpaired) electrons. The van der Waals surface area contributed by atoms with Gasteiger partial charge in [0, 0.05) is 0 Å². The standard InChI is InChI=1S/C2F6O3S.H3N/c3-1(4,5)11-12(9,10)2(6,7)8;/h;1H3. The van der Waals surface area contributed by atoms with Crippen LogP contribution >= 0.6 is 0 Å². The highest BCUT2D eigenvalue weighted by atomic mass is 32.2. The van der Waals surface area contributed by atoms with Crippen LogP contribution in [-0.4, -0.2) is 20.3 Å². The van der Waals surface area contributed by atoms with Gasteiger partial charge in [-0.1, -0.05) is 0 Å². The second-order valence-electron chi connectivity index (χ2n) is 1.43. The van der Waals surface area contributed by atoms with Crippen molar-refractivity contribution >= 4 is 10.1 Å². The maximum absolute atomic E-state index is 11.2. The molecule has 0 saturated heterocycles. The van der Waals surface area contributed by atoms with E-state index >= 15 is 0 Å². The van der Waals surface area contributed by atoms with Gasteiger partial charge >= 0.3 is 22.0 Å². The maximum Gasteiger partial charge on any atom is 0.537 e. The first kappa shape index (κ1) is 14.9. The van der Waals surface area contributed by atoms with Gasteiger partial charge in [-0.15, -0.1) is 13.2 Å². The zero-order chi connectivity index (χ0) is 10.2. The molecule has 0 unspecified atom stereocenters. The normalized spacial score (nSPS) is 13.7. The van der Waals surface area contributed by atoms with Crippen molar-refractivity contribution in [2.24, 2.45) is 0 Å². The minimum absolute atomic E-state index is 0. The highest BCUT2D eigenvalue weighted by Crippen LogP contribution is 2.30. The number of rotatable bonds is 1. The van der Waals surface area contributed by atoms with Gasteiger partial charge in [-0.2, -0.15) is 25.8 Å². The molecule has 0 heterocycles. The fourth-order valence-electron chi connectivity index (χ4n) is 0.172. The maximum atomic E-state index is 11.2. The molecule has 0 fully saturated rings. The van der Waals surface area contributed by atoms with Crippen molar-refractivity contribution in [1.82, 2.24) is 6.15 Å². The summed E-state index contributed by atoms with van der Waals surface area (Å²) in [6.07, 6.45) is -5.87. The molecular formula is C2H3F6NO3S. The van der Waals surface area contributed by atoms with Crippen LogP contribution in [0, 0.1) is 0 Å². The molecular weight excluding hydrogens is 232 g/mol. The summed E-state index contributed by atoms with van der Waals surface area (Å²) in [5.41, 5.74) is -6.07. The Balaban J connectivity index is 0. The average Bonchev–Trinajstić information content (AvgIpc) is 1.52. The van der Waals surface area contributed by atoms with Gasteiger partial charge in [0.1, 0.15) is 0 Å². The first-order valence-corrected chi connectivity index (χ1v) is 3.45. The molecule has 4 nitrogen and oxygen atoms in total. The second-order valence-corrected chi connectivity index (χ2v) is 2.97. The molecule has 0 aliphatic carbocycles. The number of halogens is 6. The smallest absolute Gasteiger partial charge is 0.344 e. The number of hydrogen-bond acceptors (Lipinski definition) is 4. The summed E-state index contributed by atoms with van der Waals surface area (Å²) in [5, 5.41) is 0. The quantitative estimate of drug-likeness (QED) is 0.424. The first-order chi connectivity index (χ1) is 4.96. The Morgan fingerprint density at radius 2 is 1.23 bits per heavy atom. The lowest BCUT2D eigenvalue weighted by atomic mass is 11.4. The summed E-state index contributed by atoms with van der Waals surface area (Å²) < 4.78 is 87.4. The monoisotopic (exact) mass is 235 g/mol. The zero-order valence-corrected chi connectivity index (χ0v) is 6.42. The molecule has 0 atom stereocenters. The molecule has 0 aliphatic heterocycles. The van der Waals surface area contributed by atoms with Crippen LogP contribution < -0.4 is 6.15 Å². The van der Waals surface area contributed by atoms with Gasteiger partial charge in [-0.25, -0.2) is 0 Å². The lowest BCUT2D eigenvalue weighted by molar-refractivity contribution is -0.277. The number of alkyl halides is 6. The van der Waals surface area contributed by atoms with Crippen LogP contribution in [0.5, 0.6) is 0 Å². The van der Waals surface area contributed by atoms with Crippen molar-refractivity contribution in [3.8, 4) is 0 Å². The topological polar surface area (TPSA) is 78.4 Å². The van der Waals surface area contributed by atoms with Crippen molar-refractivity contribution in [1.29, 1.82) is 0 Å². The molecule has 11 heteroatoms. The van der Waals surface area contributed by atoms with Gasteiger partial charge < -0.3 is 6.15 Å². The Hall–Kier alpha value is -0.550. The van der Waals surface area contributed by atoms with Crippen LogP contribution in [0.1, 0.15) is 0 Å². The molecule has 0 bridgehead atoms. The fraction of sp³-hybridized carbons (Fsp3) is 1.00. The molecule has 82 valence electrons. The third-order valence-corrected chi connectivity index (χ3v) is 1.46. The van der Waals surface area contributed by atoms with Gasteiger partial charge in [0.15, 0.2) is 0 Å². The molecule has 0 saturated carbocycles. The minimum atomic E-state index is -6.58. The highest BCUT2D eigenvalue weighted by Gasteiger charge is 2.53. The fourth-order valence-corrected chi connectivity index (χ4v) is 0.515. The summed E-state index contributed by atoms with van der Waals surface area (Å²) in [5.74, 6) is 0. The van der Waals surface area contributed by atoms with Crippen molar-refractivity contribution in [3.63, 3.8) is 0 Å². The van der Waals surface area contributed by atoms with E-state index in [1.807, 2.05) is 4.18 Å². The summed E-state index contributed by atoms with van der Waals surface area (Å²) in [4.78, 5) is 0. The molecule has 0 rings (SSSR count). The van der Waals surface area contributed by atoms with E-state index in [9.17, 15) is 34.8 Å². The van der Waals surface area contributed by atoms with E-state index in [1.165, 1.54) is 0 Å². The van der Waals surface area contributed by atoms with Gasteiger partial charge in [-0.05, 0) is 0 Å². The minimum Gasteiger partial charge on any atom is -0.344 e. The van der Waals surface area contributed by atoms with Crippen LogP contribution in [0.25, 0.3) is 0 Å². The van der Waals surface area contributed by atoms with E-state index in [1.54, 1.807) is 0 Å². The summed E-state index contributed by atoms with van der Waals surface area (Å²) >= 11 is 0. The van der Waals surface area contributed by atoms with E-state index in [0.717, 1.165) is 0 Å².